The van der Waals surface area contributed by atoms with E-state index >= 15 is 0 Å². The monoisotopic (exact) mass is 502 g/mol. The Labute approximate surface area is 216 Å². The van der Waals surface area contributed by atoms with Crippen molar-refractivity contribution in [3.63, 3.8) is 0 Å². The number of aromatic nitrogens is 2. The third-order valence-electron chi connectivity index (χ3n) is 6.58. The maximum Gasteiger partial charge on any atom is 0.174 e. The molecule has 2 aromatic heterocycles. The maximum atomic E-state index is 6.39. The summed E-state index contributed by atoms with van der Waals surface area (Å²) in [5.74, 6) is 0.763. The number of hydrogen-bond donors (Lipinski definition) is 1. The van der Waals surface area contributed by atoms with Gasteiger partial charge in [0, 0.05) is 28.3 Å². The van der Waals surface area contributed by atoms with E-state index in [1.54, 1.807) is 7.11 Å². The van der Waals surface area contributed by atoms with Gasteiger partial charge in [0.15, 0.2) is 5.11 Å². The summed E-state index contributed by atoms with van der Waals surface area (Å²) in [5.41, 5.74) is 7.44. The van der Waals surface area contributed by atoms with Crippen LogP contribution in [0, 0.1) is 20.8 Å². The van der Waals surface area contributed by atoms with Gasteiger partial charge in [-0.2, -0.15) is 0 Å². The molecule has 2 aromatic carbocycles. The van der Waals surface area contributed by atoms with Gasteiger partial charge in [-0.1, -0.05) is 35.4 Å². The standard InChI is InChI=1S/C28H27ClN4OS/c1-17-8-11-21(12-9-17)33-27(26(31-28(33)35)23-7-5-6-14-30-23)22-15-18(2)32(19(22)3)24-16-20(29)10-13-25(24)34-4/h5-16,26-27H,1-4H3,(H,31,35)/t26-,27-/m1/s1. The van der Waals surface area contributed by atoms with Gasteiger partial charge >= 0.3 is 0 Å². The molecular formula is C28H27ClN4OS. The first-order valence-corrected chi connectivity index (χ1v) is 12.3. The van der Waals surface area contributed by atoms with Crippen LogP contribution in [0.4, 0.5) is 5.69 Å². The lowest BCUT2D eigenvalue weighted by molar-refractivity contribution is 0.412. The molecule has 0 radical (unpaired) electrons. The van der Waals surface area contributed by atoms with Crippen LogP contribution in [0.5, 0.6) is 5.75 Å². The summed E-state index contributed by atoms with van der Waals surface area (Å²) in [4.78, 5) is 6.88. The van der Waals surface area contributed by atoms with Crippen molar-refractivity contribution >= 4 is 34.6 Å². The predicted molar refractivity (Wildman–Crippen MR) is 146 cm³/mol. The molecule has 1 saturated heterocycles. The van der Waals surface area contributed by atoms with Gasteiger partial charge in [-0.25, -0.2) is 0 Å². The summed E-state index contributed by atoms with van der Waals surface area (Å²) in [5, 5.41) is 4.89. The van der Waals surface area contributed by atoms with Gasteiger partial charge in [0.1, 0.15) is 5.75 Å². The Morgan fingerprint density at radius 3 is 2.46 bits per heavy atom. The number of aryl methyl sites for hydroxylation is 2. The summed E-state index contributed by atoms with van der Waals surface area (Å²) in [6.07, 6.45) is 1.83. The molecule has 1 fully saturated rings. The summed E-state index contributed by atoms with van der Waals surface area (Å²) < 4.78 is 7.87. The number of hydrogen-bond acceptors (Lipinski definition) is 3. The van der Waals surface area contributed by atoms with E-state index in [1.807, 2.05) is 42.6 Å². The van der Waals surface area contributed by atoms with E-state index < -0.39 is 0 Å². The van der Waals surface area contributed by atoms with E-state index in [0.29, 0.717) is 10.1 Å². The first kappa shape index (κ1) is 23.4. The molecule has 1 aliphatic heterocycles. The lowest BCUT2D eigenvalue weighted by Gasteiger charge is -2.28. The fourth-order valence-electron chi connectivity index (χ4n) is 4.95. The van der Waals surface area contributed by atoms with Crippen molar-refractivity contribution in [2.24, 2.45) is 0 Å². The molecule has 2 atom stereocenters. The molecule has 5 nitrogen and oxygen atoms in total. The fraction of sp³-hybridized carbons (Fsp3) is 0.214. The van der Waals surface area contributed by atoms with Crippen molar-refractivity contribution in [2.45, 2.75) is 32.9 Å². The molecule has 1 aliphatic rings. The summed E-state index contributed by atoms with van der Waals surface area (Å²) >= 11 is 12.3. The van der Waals surface area contributed by atoms with Gasteiger partial charge in [0.25, 0.3) is 0 Å². The van der Waals surface area contributed by atoms with Gasteiger partial charge in [-0.05, 0) is 87.1 Å². The van der Waals surface area contributed by atoms with Gasteiger partial charge in [0.2, 0.25) is 0 Å². The molecule has 178 valence electrons. The minimum atomic E-state index is -0.111. The van der Waals surface area contributed by atoms with Crippen molar-refractivity contribution in [3.05, 3.63) is 106 Å². The molecule has 4 aromatic rings. The molecule has 1 N–H and O–H groups in total. The molecule has 0 bridgehead atoms. The second-order valence-corrected chi connectivity index (χ2v) is 9.63. The summed E-state index contributed by atoms with van der Waals surface area (Å²) in [6.45, 7) is 6.32. The van der Waals surface area contributed by atoms with Crippen molar-refractivity contribution in [1.82, 2.24) is 14.9 Å². The van der Waals surface area contributed by atoms with E-state index in [0.717, 1.165) is 39.8 Å². The van der Waals surface area contributed by atoms with Gasteiger partial charge in [0.05, 0.1) is 30.6 Å². The third-order valence-corrected chi connectivity index (χ3v) is 7.13. The van der Waals surface area contributed by atoms with Crippen LogP contribution in [0.2, 0.25) is 5.02 Å². The lowest BCUT2D eigenvalue weighted by atomic mass is 9.96. The van der Waals surface area contributed by atoms with Crippen LogP contribution in [0.25, 0.3) is 5.69 Å². The normalized spacial score (nSPS) is 17.5. The van der Waals surface area contributed by atoms with Crippen LogP contribution < -0.4 is 15.0 Å². The molecule has 0 saturated carbocycles. The minimum Gasteiger partial charge on any atom is -0.495 e. The van der Waals surface area contributed by atoms with E-state index in [2.05, 4.69) is 70.9 Å². The van der Waals surface area contributed by atoms with Crippen LogP contribution in [0.15, 0.2) is 72.9 Å². The quantitative estimate of drug-likeness (QED) is 0.310. The maximum absolute atomic E-state index is 6.39. The van der Waals surface area contributed by atoms with Crippen molar-refractivity contribution < 1.29 is 4.74 Å². The van der Waals surface area contributed by atoms with E-state index in [-0.39, 0.29) is 12.1 Å². The number of anilines is 1. The first-order chi connectivity index (χ1) is 16.9. The number of ether oxygens (including phenoxy) is 1. The van der Waals surface area contributed by atoms with Crippen LogP contribution in [-0.4, -0.2) is 21.8 Å². The predicted octanol–water partition coefficient (Wildman–Crippen LogP) is 6.64. The zero-order chi connectivity index (χ0) is 24.7. The molecule has 0 spiro atoms. The van der Waals surface area contributed by atoms with Crippen LogP contribution in [0.1, 0.15) is 40.3 Å². The Balaban J connectivity index is 1.70. The first-order valence-electron chi connectivity index (χ1n) is 11.5. The Morgan fingerprint density at radius 1 is 1.00 bits per heavy atom. The zero-order valence-electron chi connectivity index (χ0n) is 20.1. The smallest absolute Gasteiger partial charge is 0.174 e. The van der Waals surface area contributed by atoms with E-state index in [9.17, 15) is 0 Å². The molecule has 0 amide bonds. The molecule has 35 heavy (non-hydrogen) atoms. The molecule has 5 rings (SSSR count). The second-order valence-electron chi connectivity index (χ2n) is 8.81. The highest BCUT2D eigenvalue weighted by molar-refractivity contribution is 7.80. The zero-order valence-corrected chi connectivity index (χ0v) is 21.7. The molecular weight excluding hydrogens is 476 g/mol. The number of rotatable bonds is 5. The topological polar surface area (TPSA) is 42.3 Å². The van der Waals surface area contributed by atoms with Crippen LogP contribution >= 0.6 is 23.8 Å². The summed E-state index contributed by atoms with van der Waals surface area (Å²) in [7, 11) is 1.68. The van der Waals surface area contributed by atoms with E-state index in [4.69, 9.17) is 28.6 Å². The van der Waals surface area contributed by atoms with Gasteiger partial charge in [-0.3, -0.25) is 4.98 Å². The third kappa shape index (κ3) is 4.17. The number of nitrogens with zero attached hydrogens (tertiary/aromatic N) is 3. The summed E-state index contributed by atoms with van der Waals surface area (Å²) in [6, 6.07) is 22.2. The Bertz CT molecular complexity index is 1380. The number of nitrogens with one attached hydrogen (secondary N) is 1. The fourth-order valence-corrected chi connectivity index (χ4v) is 5.46. The minimum absolute atomic E-state index is 0.0924. The Morgan fingerprint density at radius 2 is 1.77 bits per heavy atom. The second kappa shape index (κ2) is 9.36. The largest absolute Gasteiger partial charge is 0.495 e. The van der Waals surface area contributed by atoms with Crippen molar-refractivity contribution in [2.75, 3.05) is 12.0 Å². The number of benzene rings is 2. The molecule has 3 heterocycles. The SMILES string of the molecule is COc1ccc(Cl)cc1-n1c(C)cc([C@@H]2[C@@H](c3ccccn3)NC(=S)N2c2ccc(C)cc2)c1C. The highest BCUT2D eigenvalue weighted by atomic mass is 35.5. The molecule has 7 heteroatoms. The van der Waals surface area contributed by atoms with E-state index in [1.165, 1.54) is 5.56 Å². The molecule has 0 unspecified atom stereocenters. The van der Waals surface area contributed by atoms with Crippen LogP contribution in [0.3, 0.4) is 0 Å². The van der Waals surface area contributed by atoms with Gasteiger partial charge < -0.3 is 19.5 Å². The average molecular weight is 503 g/mol. The van der Waals surface area contributed by atoms with Gasteiger partial charge in [-0.15, -0.1) is 0 Å². The molecule has 0 aliphatic carbocycles. The average Bonchev–Trinajstić information content (AvgIpc) is 3.35. The number of methoxy groups -OCH3 is 1. The Hall–Kier alpha value is -3.35. The highest BCUT2D eigenvalue weighted by Crippen LogP contribution is 2.44. The Kier molecular flexibility index (Phi) is 6.26. The number of thiocarbonyl (C=S) groups is 1. The number of pyridine rings is 1. The lowest BCUT2D eigenvalue weighted by Crippen LogP contribution is -2.29. The van der Waals surface area contributed by atoms with Crippen LogP contribution in [-0.2, 0) is 0 Å². The van der Waals surface area contributed by atoms with Crippen molar-refractivity contribution in [1.29, 1.82) is 0 Å². The van der Waals surface area contributed by atoms with Crippen molar-refractivity contribution in [3.8, 4) is 11.4 Å². The highest BCUT2D eigenvalue weighted by Gasteiger charge is 2.42. The number of halogens is 1.